The molecule has 0 bridgehead atoms. The minimum absolute atomic E-state index is 0.00207. The summed E-state index contributed by atoms with van der Waals surface area (Å²) in [5.74, 6) is -4.31. The van der Waals surface area contributed by atoms with Gasteiger partial charge >= 0.3 is 5.97 Å². The van der Waals surface area contributed by atoms with Gasteiger partial charge in [-0.3, -0.25) is 4.79 Å². The fourth-order valence-corrected chi connectivity index (χ4v) is 13.8. The van der Waals surface area contributed by atoms with Gasteiger partial charge in [-0.2, -0.15) is 0 Å². The van der Waals surface area contributed by atoms with Crippen molar-refractivity contribution in [3.8, 4) is 11.1 Å². The van der Waals surface area contributed by atoms with E-state index in [0.717, 1.165) is 16.7 Å². The van der Waals surface area contributed by atoms with Gasteiger partial charge in [0.25, 0.3) is 0 Å². The van der Waals surface area contributed by atoms with Gasteiger partial charge in [-0.15, -0.1) is 11.7 Å². The van der Waals surface area contributed by atoms with Crippen LogP contribution in [-0.4, -0.2) is 183 Å². The molecule has 3 saturated heterocycles. The highest BCUT2D eigenvalue weighted by molar-refractivity contribution is 6.69. The van der Waals surface area contributed by atoms with Crippen LogP contribution >= 0.6 is 0 Å². The molecule has 20 nitrogen and oxygen atoms in total. The third-order valence-electron chi connectivity index (χ3n) is 17.6. The van der Waals surface area contributed by atoms with E-state index in [1.807, 2.05) is 52.1 Å². The summed E-state index contributed by atoms with van der Waals surface area (Å²) in [5.41, 5.74) is 11.0. The molecule has 450 valence electrons. The van der Waals surface area contributed by atoms with Crippen molar-refractivity contribution in [2.75, 3.05) is 40.2 Å². The number of nitrogens with two attached hydrogens (primary N) is 2. The second-order valence-corrected chi connectivity index (χ2v) is 29.3. The average Bonchev–Trinajstić information content (AvgIpc) is 3.91. The quantitative estimate of drug-likeness (QED) is 0.0485. The summed E-state index contributed by atoms with van der Waals surface area (Å²) in [5, 5.41) is 57.5. The molecule has 2 aromatic heterocycles. The normalized spacial score (nSPS) is 37.9. The van der Waals surface area contributed by atoms with E-state index < -0.39 is 135 Å². The molecule has 0 amide bonds. The van der Waals surface area contributed by atoms with Gasteiger partial charge in [0.2, 0.25) is 5.95 Å². The van der Waals surface area contributed by atoms with Crippen molar-refractivity contribution in [3.63, 3.8) is 0 Å². The van der Waals surface area contributed by atoms with E-state index in [4.69, 9.17) is 44.3 Å². The number of rotatable bonds is 18. The second-order valence-electron chi connectivity index (χ2n) is 24.8. The minimum atomic E-state index is -2.42. The number of aromatic nitrogens is 5. The summed E-state index contributed by atoms with van der Waals surface area (Å²) in [6, 6.07) is 5.63. The molecular formula is C58H95FN8O12Si. The predicted octanol–water partition coefficient (Wildman–Crippen LogP) is 5.98. The lowest BCUT2D eigenvalue weighted by Crippen LogP contribution is -2.63. The Kier molecular flexibility index (Phi) is 21.9. The smallest absolute Gasteiger partial charge is 0.309 e. The number of likely N-dealkylation sites (N-methyl/N-ethyl adjacent to an activating group) is 1. The number of alkyl halides is 1. The van der Waals surface area contributed by atoms with Gasteiger partial charge in [0, 0.05) is 81.7 Å². The van der Waals surface area contributed by atoms with Crippen LogP contribution < -0.4 is 11.5 Å². The van der Waals surface area contributed by atoms with Crippen LogP contribution in [0.1, 0.15) is 111 Å². The number of nitrogens with zero attached hydrogens (tertiary/aromatic N) is 6. The van der Waals surface area contributed by atoms with E-state index in [0.29, 0.717) is 25.1 Å². The Morgan fingerprint density at radius 3 is 2.21 bits per heavy atom. The van der Waals surface area contributed by atoms with Gasteiger partial charge in [0.1, 0.15) is 42.7 Å². The molecule has 0 spiro atoms. The number of anilines is 1. The zero-order valence-electron chi connectivity index (χ0n) is 49.9. The molecule has 21 atom stereocenters. The molecule has 0 radical (unpaired) electrons. The number of cyclic esters (lactones) is 1. The zero-order chi connectivity index (χ0) is 59.4. The first-order chi connectivity index (χ1) is 37.4. The van der Waals surface area contributed by atoms with Gasteiger partial charge in [-0.25, -0.2) is 19.0 Å². The Bertz CT molecular complexity index is 2450. The van der Waals surface area contributed by atoms with Crippen molar-refractivity contribution >= 4 is 20.2 Å². The molecule has 8 N–H and O–H groups in total. The molecule has 1 aromatic carbocycles. The second kappa shape index (κ2) is 26.8. The summed E-state index contributed by atoms with van der Waals surface area (Å²) in [6.45, 7) is 25.9. The largest absolute Gasteiger partial charge is 0.459 e. The molecule has 3 fully saturated rings. The summed E-state index contributed by atoms with van der Waals surface area (Å²) < 4.78 is 62.7. The van der Waals surface area contributed by atoms with Crippen molar-refractivity contribution in [3.05, 3.63) is 66.8 Å². The van der Waals surface area contributed by atoms with E-state index in [2.05, 4.69) is 51.4 Å². The maximum absolute atomic E-state index is 15.1. The molecular weight excluding hydrogens is 1050 g/mol. The molecule has 1 unspecified atom stereocenters. The Morgan fingerprint density at radius 1 is 0.988 bits per heavy atom. The number of carbonyl (C=O) groups is 1. The first-order valence-electron chi connectivity index (χ1n) is 28.4. The van der Waals surface area contributed by atoms with Crippen molar-refractivity contribution < 1.29 is 62.5 Å². The fraction of sp³-hybridized carbons (Fsp3) is 0.741. The molecule has 3 aliphatic rings. The van der Waals surface area contributed by atoms with Crippen molar-refractivity contribution in [2.45, 2.75) is 210 Å². The zero-order valence-corrected chi connectivity index (χ0v) is 50.9. The number of halogens is 1. The Labute approximate surface area is 474 Å². The maximum Gasteiger partial charge on any atom is 0.309 e. The van der Waals surface area contributed by atoms with E-state index >= 15 is 4.39 Å². The van der Waals surface area contributed by atoms with Crippen molar-refractivity contribution in [2.24, 2.45) is 35.3 Å². The van der Waals surface area contributed by atoms with E-state index in [1.54, 1.807) is 59.3 Å². The van der Waals surface area contributed by atoms with Crippen molar-refractivity contribution in [1.82, 2.24) is 29.9 Å². The predicted molar refractivity (Wildman–Crippen MR) is 304 cm³/mol. The molecule has 80 heavy (non-hydrogen) atoms. The maximum atomic E-state index is 15.1. The highest BCUT2D eigenvalue weighted by Gasteiger charge is 2.56. The van der Waals surface area contributed by atoms with E-state index in [-0.39, 0.29) is 37.4 Å². The van der Waals surface area contributed by atoms with Gasteiger partial charge in [0.15, 0.2) is 14.6 Å². The van der Waals surface area contributed by atoms with Crippen LogP contribution in [0.2, 0.25) is 19.6 Å². The molecule has 5 heterocycles. The first-order valence-corrected chi connectivity index (χ1v) is 31.8. The fourth-order valence-electron chi connectivity index (χ4n) is 12.8. The molecule has 0 saturated carbocycles. The summed E-state index contributed by atoms with van der Waals surface area (Å²) in [4.78, 5) is 25.2. The van der Waals surface area contributed by atoms with Gasteiger partial charge in [0.05, 0.1) is 53.3 Å². The highest BCUT2D eigenvalue weighted by Crippen LogP contribution is 2.46. The summed E-state index contributed by atoms with van der Waals surface area (Å²) >= 11 is 0. The van der Waals surface area contributed by atoms with E-state index in [1.165, 1.54) is 25.8 Å². The highest BCUT2D eigenvalue weighted by atomic mass is 28.4. The monoisotopic (exact) mass is 1140 g/mol. The third kappa shape index (κ3) is 14.7. The van der Waals surface area contributed by atoms with Crippen LogP contribution in [0.25, 0.3) is 11.1 Å². The number of esters is 1. The Morgan fingerprint density at radius 2 is 1.64 bits per heavy atom. The Balaban J connectivity index is 1.34. The van der Waals surface area contributed by atoms with Gasteiger partial charge in [-0.1, -0.05) is 63.2 Å². The van der Waals surface area contributed by atoms with Crippen LogP contribution in [0.5, 0.6) is 0 Å². The van der Waals surface area contributed by atoms with Crippen LogP contribution in [-0.2, 0) is 44.1 Å². The van der Waals surface area contributed by atoms with Crippen LogP contribution in [0.3, 0.4) is 0 Å². The average molecular weight is 1140 g/mol. The SMILES string of the molecule is C=C[C@@H]1C[C@@](C)(O)[C@H](O[C@@H]2O[C@H](C)C[C@H](N(C)CCc3cn([C@H](CF)[C@H](OC)c4ccc(-c5cnc(N)nc5)cc4)nn3)[C@H]2O[Si](C)(C)C)[C@@H](C)[C@H](C2C[C@@](C)(OC)[C@@H](O)[C@H](C)O2)[C@@H](C)C(=O)O[C@H](CC)[C@@](C)(O)[C@H](O)[C@@H](C)[C@H]1N. The van der Waals surface area contributed by atoms with E-state index in [9.17, 15) is 25.2 Å². The van der Waals surface area contributed by atoms with Crippen molar-refractivity contribution in [1.29, 1.82) is 0 Å². The number of hydrogen-bond acceptors (Lipinski definition) is 19. The minimum Gasteiger partial charge on any atom is -0.459 e. The molecule has 0 aliphatic carbocycles. The molecule has 3 aliphatic heterocycles. The lowest BCUT2D eigenvalue weighted by atomic mass is 9.67. The lowest BCUT2D eigenvalue weighted by molar-refractivity contribution is -0.300. The number of carbonyl (C=O) groups excluding carboxylic acids is 1. The van der Waals surface area contributed by atoms with Crippen LogP contribution in [0.4, 0.5) is 10.3 Å². The Hall–Kier alpha value is -3.88. The number of aliphatic hydroxyl groups is 4. The summed E-state index contributed by atoms with van der Waals surface area (Å²) in [6.07, 6.45) is -0.911. The lowest BCUT2D eigenvalue weighted by Gasteiger charge is -2.52. The van der Waals surface area contributed by atoms with Gasteiger partial charge in [-0.05, 0) is 104 Å². The third-order valence-corrected chi connectivity index (χ3v) is 18.6. The molecule has 6 rings (SSSR count). The summed E-state index contributed by atoms with van der Waals surface area (Å²) in [7, 11) is 2.66. The topological polar surface area (TPSA) is 274 Å². The van der Waals surface area contributed by atoms with Crippen LogP contribution in [0, 0.1) is 29.6 Å². The number of ether oxygens (including phenoxy) is 6. The number of aliphatic hydroxyl groups excluding tert-OH is 2. The van der Waals surface area contributed by atoms with Gasteiger partial charge < -0.3 is 69.6 Å². The standard InChI is InChI=1S/C58H95FN8O12Si/c1-17-37-26-56(8,71)52(33(4)46(44-27-57(9,74-13)51(69)36(7)76-44)34(5)53(70)77-45(18-2)58(10,72)50(68)35(6)47(37)60)78-54-49(79-80(14,15)16)42(25-32(3)75-54)66(11)24-23-41-31-67(65-64-41)43(28-59)48(73-12)39-21-19-38(20-22-39)40-29-62-55(61)63-30-40/h17,19-22,29-37,42-52,54,68-69,71-72H,1,18,23-28,60H2,2-16H3,(H2,61,62,63)/t32-,33+,34-,35+,36+,37-,42+,43-,44?,45-,46+,47-,48-,49-,50-,51+,52-,54+,56-,57-,58-/m1/s1. The number of methoxy groups -OCH3 is 2. The number of benzene rings is 1. The number of nitrogen functional groups attached to an aromatic ring is 1. The molecule has 3 aromatic rings. The molecule has 22 heteroatoms. The van der Waals surface area contributed by atoms with Crippen LogP contribution in [0.15, 0.2) is 55.5 Å². The first kappa shape index (κ1) is 65.3. The number of hydrogen-bond donors (Lipinski definition) is 6.